The number of hydrogen-bond acceptors (Lipinski definition) is 4. The Bertz CT molecular complexity index is 195. The van der Waals surface area contributed by atoms with E-state index in [0.29, 0.717) is 0 Å². The van der Waals surface area contributed by atoms with Crippen LogP contribution in [-0.4, -0.2) is 30.4 Å². The van der Waals surface area contributed by atoms with Crippen molar-refractivity contribution in [3.8, 4) is 0 Å². The van der Waals surface area contributed by atoms with Gasteiger partial charge in [0, 0.05) is 6.16 Å². The molecule has 1 N–H and O–H groups in total. The summed E-state index contributed by atoms with van der Waals surface area (Å²) in [6.45, 7) is 3.97. The highest BCUT2D eigenvalue weighted by Crippen LogP contribution is 2.48. The van der Waals surface area contributed by atoms with Crippen molar-refractivity contribution in [2.75, 3.05) is 25.5 Å². The molecule has 0 bridgehead atoms. The molecule has 0 saturated carbocycles. The van der Waals surface area contributed by atoms with Crippen LogP contribution in [0.1, 0.15) is 13.8 Å². The van der Waals surface area contributed by atoms with Crippen LogP contribution in [0.25, 0.3) is 0 Å². The van der Waals surface area contributed by atoms with Crippen molar-refractivity contribution >= 4 is 15.6 Å². The predicted octanol–water partition coefficient (Wildman–Crippen LogP) is 1.72. The van der Waals surface area contributed by atoms with Crippen LogP contribution in [0, 0.1) is 0 Å². The Morgan fingerprint density at radius 2 is 1.77 bits per heavy atom. The average Bonchev–Trinajstić information content (AvgIpc) is 2.02. The molecule has 0 aliphatic rings. The lowest BCUT2D eigenvalue weighted by molar-refractivity contribution is 0.221. The maximum atomic E-state index is 11.6. The van der Waals surface area contributed by atoms with Crippen LogP contribution in [-0.2, 0) is 18.2 Å². The molecule has 0 radical (unpaired) electrons. The Labute approximate surface area is 78.8 Å². The normalized spacial score (nSPS) is 14.4. The van der Waals surface area contributed by atoms with Gasteiger partial charge in [-0.3, -0.25) is 9.13 Å². The monoisotopic (exact) mass is 230 g/mol. The van der Waals surface area contributed by atoms with Crippen LogP contribution in [0.15, 0.2) is 0 Å². The smallest absolute Gasteiger partial charge is 0.331 e. The third kappa shape index (κ3) is 6.42. The fraction of sp³-hybridized carbons (Fsp3) is 1.00. The third-order valence-electron chi connectivity index (χ3n) is 1.25. The van der Waals surface area contributed by atoms with E-state index in [4.69, 9.17) is 13.9 Å². The molecule has 80 valence electrons. The Morgan fingerprint density at radius 1 is 1.31 bits per heavy atom. The minimum atomic E-state index is -3.11. The molecule has 0 amide bonds. The first kappa shape index (κ1) is 13.3. The SMILES string of the molecule is CCOP(=O)(CC[PH](=O)O)OCC. The van der Waals surface area contributed by atoms with Crippen molar-refractivity contribution in [1.82, 2.24) is 0 Å². The molecule has 1 atom stereocenters. The quantitative estimate of drug-likeness (QED) is 0.674. The van der Waals surface area contributed by atoms with Gasteiger partial charge in [0.1, 0.15) is 0 Å². The first-order valence-corrected chi connectivity index (χ1v) is 7.43. The highest BCUT2D eigenvalue weighted by atomic mass is 31.2. The molecule has 5 nitrogen and oxygen atoms in total. The lowest BCUT2D eigenvalue weighted by atomic mass is 10.9. The fourth-order valence-corrected chi connectivity index (χ4v) is 3.77. The van der Waals surface area contributed by atoms with Crippen molar-refractivity contribution in [3.05, 3.63) is 0 Å². The van der Waals surface area contributed by atoms with Crippen LogP contribution in [0.5, 0.6) is 0 Å². The lowest BCUT2D eigenvalue weighted by Gasteiger charge is -2.15. The Morgan fingerprint density at radius 3 is 2.08 bits per heavy atom. The molecule has 0 aromatic carbocycles. The highest BCUT2D eigenvalue weighted by Gasteiger charge is 2.23. The zero-order valence-electron chi connectivity index (χ0n) is 7.86. The summed E-state index contributed by atoms with van der Waals surface area (Å²) in [6.07, 6.45) is 0.00488. The van der Waals surface area contributed by atoms with E-state index in [1.54, 1.807) is 13.8 Å². The van der Waals surface area contributed by atoms with E-state index in [2.05, 4.69) is 0 Å². The predicted molar refractivity (Wildman–Crippen MR) is 51.8 cm³/mol. The number of rotatable bonds is 7. The zero-order valence-corrected chi connectivity index (χ0v) is 9.75. The van der Waals surface area contributed by atoms with Gasteiger partial charge < -0.3 is 13.9 Å². The summed E-state index contributed by atoms with van der Waals surface area (Å²) in [4.78, 5) is 8.57. The molecular formula is C6H16O5P2. The van der Waals surface area contributed by atoms with Crippen LogP contribution in [0.4, 0.5) is 0 Å². The first-order valence-electron chi connectivity index (χ1n) is 4.14. The standard InChI is InChI=1S/C6H16O5P2/c1-3-10-13(9,11-4-2)6-5-12(7)8/h12H,3-6H2,1-2H3,(H,7,8). The molecule has 0 saturated heterocycles. The summed E-state index contributed by atoms with van der Waals surface area (Å²) < 4.78 is 31.9. The van der Waals surface area contributed by atoms with Gasteiger partial charge in [-0.15, -0.1) is 0 Å². The molecule has 0 fully saturated rings. The van der Waals surface area contributed by atoms with Gasteiger partial charge in [0.05, 0.1) is 19.4 Å². The topological polar surface area (TPSA) is 72.8 Å². The van der Waals surface area contributed by atoms with Crippen molar-refractivity contribution in [2.45, 2.75) is 13.8 Å². The fourth-order valence-electron chi connectivity index (χ4n) is 0.792. The summed E-state index contributed by atoms with van der Waals surface area (Å²) in [7, 11) is -5.69. The van der Waals surface area contributed by atoms with Gasteiger partial charge in [-0.2, -0.15) is 0 Å². The largest absolute Gasteiger partial charge is 0.346 e. The molecule has 7 heteroatoms. The summed E-state index contributed by atoms with van der Waals surface area (Å²) in [6, 6.07) is 0. The van der Waals surface area contributed by atoms with E-state index in [0.717, 1.165) is 0 Å². The second-order valence-electron chi connectivity index (χ2n) is 2.31. The molecule has 13 heavy (non-hydrogen) atoms. The van der Waals surface area contributed by atoms with E-state index in [-0.39, 0.29) is 25.5 Å². The van der Waals surface area contributed by atoms with Crippen molar-refractivity contribution in [2.24, 2.45) is 0 Å². The minimum Gasteiger partial charge on any atom is -0.346 e. The van der Waals surface area contributed by atoms with E-state index in [9.17, 15) is 9.13 Å². The van der Waals surface area contributed by atoms with Gasteiger partial charge in [-0.1, -0.05) is 0 Å². The van der Waals surface area contributed by atoms with E-state index < -0.39 is 15.6 Å². The van der Waals surface area contributed by atoms with Crippen LogP contribution >= 0.6 is 15.6 Å². The zero-order chi connectivity index (χ0) is 10.3. The summed E-state index contributed by atoms with van der Waals surface area (Å²) in [5.41, 5.74) is 0. The molecule has 0 heterocycles. The van der Waals surface area contributed by atoms with Crippen LogP contribution < -0.4 is 0 Å². The molecule has 0 rings (SSSR count). The maximum Gasteiger partial charge on any atom is 0.331 e. The van der Waals surface area contributed by atoms with Crippen molar-refractivity contribution in [1.29, 1.82) is 0 Å². The van der Waals surface area contributed by atoms with Crippen molar-refractivity contribution in [3.63, 3.8) is 0 Å². The second-order valence-corrected chi connectivity index (χ2v) is 5.79. The Kier molecular flexibility index (Phi) is 6.92. The highest BCUT2D eigenvalue weighted by molar-refractivity contribution is 7.54. The summed E-state index contributed by atoms with van der Waals surface area (Å²) in [5, 5.41) is 0. The Hall–Kier alpha value is 0.340. The molecule has 0 aromatic rings. The second kappa shape index (κ2) is 6.74. The molecular weight excluding hydrogens is 214 g/mol. The van der Waals surface area contributed by atoms with Gasteiger partial charge >= 0.3 is 7.60 Å². The van der Waals surface area contributed by atoms with Gasteiger partial charge in [-0.05, 0) is 13.8 Å². The van der Waals surface area contributed by atoms with E-state index >= 15 is 0 Å². The Balaban J connectivity index is 4.07. The minimum absolute atomic E-state index is 0.0120. The van der Waals surface area contributed by atoms with E-state index in [1.165, 1.54) is 0 Å². The van der Waals surface area contributed by atoms with Gasteiger partial charge in [0.25, 0.3) is 0 Å². The first-order chi connectivity index (χ1) is 6.04. The summed E-state index contributed by atoms with van der Waals surface area (Å²) in [5.74, 6) is 0. The summed E-state index contributed by atoms with van der Waals surface area (Å²) >= 11 is 0. The van der Waals surface area contributed by atoms with E-state index in [1.807, 2.05) is 0 Å². The van der Waals surface area contributed by atoms with Gasteiger partial charge in [-0.25, -0.2) is 0 Å². The molecule has 0 aliphatic carbocycles. The van der Waals surface area contributed by atoms with Gasteiger partial charge in [0.15, 0.2) is 8.03 Å². The van der Waals surface area contributed by atoms with Crippen molar-refractivity contribution < 1.29 is 23.1 Å². The van der Waals surface area contributed by atoms with Crippen LogP contribution in [0.2, 0.25) is 0 Å². The molecule has 0 spiro atoms. The third-order valence-corrected chi connectivity index (χ3v) is 4.42. The lowest BCUT2D eigenvalue weighted by Crippen LogP contribution is -2.01. The maximum absolute atomic E-state index is 11.6. The molecule has 0 aromatic heterocycles. The van der Waals surface area contributed by atoms with Crippen LogP contribution in [0.3, 0.4) is 0 Å². The molecule has 0 aliphatic heterocycles. The number of hydrogen-bond donors (Lipinski definition) is 1. The average molecular weight is 230 g/mol. The van der Waals surface area contributed by atoms with Gasteiger partial charge in [0.2, 0.25) is 0 Å². The molecule has 1 unspecified atom stereocenters.